The average molecular weight is 740 g/mol. The van der Waals surface area contributed by atoms with Gasteiger partial charge in [0.25, 0.3) is 5.91 Å². The molecule has 0 bridgehead atoms. The van der Waals surface area contributed by atoms with Gasteiger partial charge in [0.15, 0.2) is 0 Å². The number of nitrogens with one attached hydrogen (secondary N) is 2. The summed E-state index contributed by atoms with van der Waals surface area (Å²) in [6.45, 7) is 16.8. The molecule has 52 heavy (non-hydrogen) atoms. The Hall–Kier alpha value is -3.61. The Morgan fingerprint density at radius 2 is 1.79 bits per heavy atom. The standard InChI is InChI=1S/C40H61N5O6S/c1-10-27(6)35(43-37(47)32-18-14-15-19-44(32)8)39(48)45(9)33(26(4)5)22-34(51-23-25(2)3)38-42-31(24-52-38)36(46)41-30(20-28(7)40(49)50)21-29-16-12-11-13-17-29/h11-13,16-17,24,26-28,30,32-35H,2,10,14-15,18-23H2,1,3-9H3,(H,41,46)(H,43,47)(H,49,50)/t27-,28-,30+,32+,33?,34+,35-/m0/s1. The van der Waals surface area contributed by atoms with Crippen LogP contribution in [-0.4, -0.2) is 95.0 Å². The molecule has 11 nitrogen and oxygen atoms in total. The van der Waals surface area contributed by atoms with E-state index in [0.29, 0.717) is 17.8 Å². The molecule has 1 aliphatic rings. The van der Waals surface area contributed by atoms with E-state index in [1.165, 1.54) is 11.3 Å². The van der Waals surface area contributed by atoms with E-state index in [-0.39, 0.29) is 60.4 Å². The van der Waals surface area contributed by atoms with Gasteiger partial charge in [0, 0.05) is 30.9 Å². The van der Waals surface area contributed by atoms with Crippen molar-refractivity contribution >= 4 is 35.0 Å². The van der Waals surface area contributed by atoms with Crippen molar-refractivity contribution in [2.45, 2.75) is 117 Å². The number of benzene rings is 1. The molecule has 3 N–H and O–H groups in total. The molecule has 2 heterocycles. The van der Waals surface area contributed by atoms with Crippen molar-refractivity contribution < 1.29 is 29.0 Å². The van der Waals surface area contributed by atoms with E-state index in [4.69, 9.17) is 9.72 Å². The molecule has 2 aromatic rings. The average Bonchev–Trinajstić information content (AvgIpc) is 3.60. The predicted molar refractivity (Wildman–Crippen MR) is 206 cm³/mol. The van der Waals surface area contributed by atoms with Crippen molar-refractivity contribution in [3.8, 4) is 0 Å². The van der Waals surface area contributed by atoms with Gasteiger partial charge in [0.2, 0.25) is 11.8 Å². The lowest BCUT2D eigenvalue weighted by Gasteiger charge is -2.38. The number of likely N-dealkylation sites (N-methyl/N-ethyl adjacent to an activating group) is 2. The van der Waals surface area contributed by atoms with Gasteiger partial charge in [-0.05, 0) is 63.6 Å². The van der Waals surface area contributed by atoms with Crippen LogP contribution >= 0.6 is 11.3 Å². The second-order valence-corrected chi connectivity index (χ2v) is 15.9. The first-order chi connectivity index (χ1) is 24.6. The van der Waals surface area contributed by atoms with E-state index in [0.717, 1.165) is 43.4 Å². The van der Waals surface area contributed by atoms with Crippen LogP contribution in [0.4, 0.5) is 0 Å². The molecule has 1 aromatic carbocycles. The van der Waals surface area contributed by atoms with Gasteiger partial charge in [0.1, 0.15) is 22.8 Å². The Morgan fingerprint density at radius 1 is 1.10 bits per heavy atom. The quantitative estimate of drug-likeness (QED) is 0.138. The lowest BCUT2D eigenvalue weighted by Crippen LogP contribution is -2.58. The minimum Gasteiger partial charge on any atom is -0.481 e. The molecule has 12 heteroatoms. The van der Waals surface area contributed by atoms with Crippen molar-refractivity contribution in [2.24, 2.45) is 17.8 Å². The maximum atomic E-state index is 14.3. The zero-order valence-corrected chi connectivity index (χ0v) is 33.2. The molecule has 0 saturated carbocycles. The monoisotopic (exact) mass is 739 g/mol. The fourth-order valence-electron chi connectivity index (χ4n) is 6.72. The van der Waals surface area contributed by atoms with Gasteiger partial charge in [0.05, 0.1) is 18.6 Å². The van der Waals surface area contributed by atoms with Crippen molar-refractivity contribution in [1.29, 1.82) is 0 Å². The van der Waals surface area contributed by atoms with E-state index < -0.39 is 30.1 Å². The number of carboxylic acid groups (broad SMARTS) is 1. The SMILES string of the molecule is C=C(C)CO[C@H](CC(C(C)C)N(C)C(=O)[C@@H](NC(=O)[C@H]1CCCCN1C)[C@@H](C)CC)c1nc(C(=O)N[C@@H](Cc2ccccc2)C[C@H](C)C(=O)O)cs1. The first-order valence-corrected chi connectivity index (χ1v) is 19.6. The van der Waals surface area contributed by atoms with Crippen LogP contribution in [0.5, 0.6) is 0 Å². The van der Waals surface area contributed by atoms with Crippen molar-refractivity contribution in [3.63, 3.8) is 0 Å². The molecule has 1 unspecified atom stereocenters. The van der Waals surface area contributed by atoms with Gasteiger partial charge >= 0.3 is 5.97 Å². The first-order valence-electron chi connectivity index (χ1n) is 18.7. The van der Waals surface area contributed by atoms with E-state index >= 15 is 0 Å². The summed E-state index contributed by atoms with van der Waals surface area (Å²) in [5.41, 5.74) is 2.05. The fraction of sp³-hybridized carbons (Fsp3) is 0.625. The number of aromatic nitrogens is 1. The number of carbonyl (C=O) groups is 4. The maximum Gasteiger partial charge on any atom is 0.306 e. The van der Waals surface area contributed by atoms with E-state index in [9.17, 15) is 24.3 Å². The summed E-state index contributed by atoms with van der Waals surface area (Å²) in [6, 6.07) is 8.06. The van der Waals surface area contributed by atoms with Crippen LogP contribution in [0.25, 0.3) is 0 Å². The van der Waals surface area contributed by atoms with Crippen molar-refractivity contribution in [1.82, 2.24) is 25.4 Å². The third kappa shape index (κ3) is 12.5. The largest absolute Gasteiger partial charge is 0.481 e. The molecular weight excluding hydrogens is 679 g/mol. The first kappa shape index (κ1) is 42.8. The van der Waals surface area contributed by atoms with Crippen LogP contribution in [0.1, 0.15) is 107 Å². The number of likely N-dealkylation sites (tertiary alicyclic amines) is 1. The molecule has 1 aromatic heterocycles. The maximum absolute atomic E-state index is 14.3. The van der Waals surface area contributed by atoms with Crippen molar-refractivity contribution in [2.75, 3.05) is 27.2 Å². The summed E-state index contributed by atoms with van der Waals surface area (Å²) in [6.07, 6.45) is 4.19. The molecule has 1 saturated heterocycles. The Bertz CT molecular complexity index is 1480. The summed E-state index contributed by atoms with van der Waals surface area (Å²) in [5, 5.41) is 18.0. The zero-order valence-electron chi connectivity index (χ0n) is 32.4. The molecule has 3 amide bonds. The molecule has 0 radical (unpaired) electrons. The Kier molecular flexibility index (Phi) is 16.9. The van der Waals surface area contributed by atoms with Crippen LogP contribution in [0.15, 0.2) is 47.9 Å². The smallest absolute Gasteiger partial charge is 0.306 e. The highest BCUT2D eigenvalue weighted by atomic mass is 32.1. The molecule has 0 aliphatic carbocycles. The number of amides is 3. The van der Waals surface area contributed by atoms with Crippen molar-refractivity contribution in [3.05, 3.63) is 64.1 Å². The zero-order chi connectivity index (χ0) is 38.5. The number of piperidine rings is 1. The second-order valence-electron chi connectivity index (χ2n) is 15.0. The minimum absolute atomic E-state index is 0.0420. The van der Waals surface area contributed by atoms with Crippen LogP contribution in [-0.2, 0) is 25.5 Å². The van der Waals surface area contributed by atoms with Crippen LogP contribution in [0.2, 0.25) is 0 Å². The lowest BCUT2D eigenvalue weighted by molar-refractivity contribution is -0.141. The third-order valence-corrected chi connectivity index (χ3v) is 11.1. The number of hydrogen-bond acceptors (Lipinski definition) is 8. The summed E-state index contributed by atoms with van der Waals surface area (Å²) in [5.74, 6) is -2.22. The number of hydrogen-bond donors (Lipinski definition) is 3. The molecular formula is C40H61N5O6S. The third-order valence-electron chi connectivity index (χ3n) is 10.2. The van der Waals surface area contributed by atoms with Gasteiger partial charge in [-0.25, -0.2) is 4.98 Å². The van der Waals surface area contributed by atoms with Gasteiger partial charge in [-0.15, -0.1) is 11.3 Å². The van der Waals surface area contributed by atoms with Crippen LogP contribution in [0.3, 0.4) is 0 Å². The summed E-state index contributed by atoms with van der Waals surface area (Å²) < 4.78 is 6.36. The Balaban J connectivity index is 1.83. The Morgan fingerprint density at radius 3 is 2.38 bits per heavy atom. The number of rotatable bonds is 20. The van der Waals surface area contributed by atoms with Gasteiger partial charge < -0.3 is 25.4 Å². The number of aliphatic carboxylic acids is 1. The van der Waals surface area contributed by atoms with Gasteiger partial charge in [-0.3, -0.25) is 24.1 Å². The summed E-state index contributed by atoms with van der Waals surface area (Å²) in [4.78, 5) is 61.5. The highest BCUT2D eigenvalue weighted by Crippen LogP contribution is 2.31. The molecule has 288 valence electrons. The second kappa shape index (κ2) is 20.6. The van der Waals surface area contributed by atoms with Crippen LogP contribution in [0, 0.1) is 17.8 Å². The molecule has 1 aliphatic heterocycles. The van der Waals surface area contributed by atoms with E-state index in [1.54, 1.807) is 24.3 Å². The van der Waals surface area contributed by atoms with Crippen LogP contribution < -0.4 is 10.6 Å². The fourth-order valence-corrected chi connectivity index (χ4v) is 7.58. The lowest BCUT2D eigenvalue weighted by atomic mass is 9.92. The number of nitrogens with zero attached hydrogens (tertiary/aromatic N) is 3. The summed E-state index contributed by atoms with van der Waals surface area (Å²) >= 11 is 1.31. The number of ether oxygens (including phenoxy) is 1. The van der Waals surface area contributed by atoms with E-state index in [2.05, 4.69) is 36.0 Å². The molecule has 7 atom stereocenters. The Labute approximate surface area is 314 Å². The number of carboxylic acids is 1. The highest BCUT2D eigenvalue weighted by molar-refractivity contribution is 7.09. The van der Waals surface area contributed by atoms with E-state index in [1.807, 2.05) is 58.2 Å². The number of thiazole rings is 1. The van der Waals surface area contributed by atoms with Gasteiger partial charge in [-0.2, -0.15) is 0 Å². The van der Waals surface area contributed by atoms with Gasteiger partial charge in [-0.1, -0.05) is 89.9 Å². The topological polar surface area (TPSA) is 141 Å². The normalized spacial score (nSPS) is 18.4. The number of carbonyl (C=O) groups excluding carboxylic acids is 3. The molecule has 3 rings (SSSR count). The highest BCUT2D eigenvalue weighted by Gasteiger charge is 2.37. The summed E-state index contributed by atoms with van der Waals surface area (Å²) in [7, 11) is 3.76. The predicted octanol–water partition coefficient (Wildman–Crippen LogP) is 6.12. The molecule has 1 fully saturated rings. The molecule has 0 spiro atoms. The minimum atomic E-state index is -0.918.